The number of carbonyl (C=O) groups is 1. The molecule has 0 unspecified atom stereocenters. The average molecular weight is 413 g/mol. The molecule has 0 aliphatic heterocycles. The molecule has 0 radical (unpaired) electrons. The lowest BCUT2D eigenvalue weighted by molar-refractivity contribution is -0.384. The zero-order chi connectivity index (χ0) is 21.0. The van der Waals surface area contributed by atoms with Gasteiger partial charge in [-0.1, -0.05) is 29.8 Å². The van der Waals surface area contributed by atoms with Crippen molar-refractivity contribution in [1.29, 1.82) is 0 Å². The number of hydrogen-bond acceptors (Lipinski definition) is 5. The molecule has 0 aliphatic carbocycles. The number of rotatable bonds is 6. The number of nitro groups is 1. The van der Waals surface area contributed by atoms with Gasteiger partial charge in [0.15, 0.2) is 0 Å². The number of nitrogens with one attached hydrogen (secondary N) is 1. The van der Waals surface area contributed by atoms with Crippen LogP contribution < -0.4 is 5.56 Å². The molecular weight excluding hydrogens is 396 g/mol. The molecule has 29 heavy (non-hydrogen) atoms. The summed E-state index contributed by atoms with van der Waals surface area (Å²) in [7, 11) is 0. The first-order valence-electron chi connectivity index (χ1n) is 8.78. The second-order valence-corrected chi connectivity index (χ2v) is 6.59. The number of benzene rings is 2. The van der Waals surface area contributed by atoms with Crippen molar-refractivity contribution in [3.05, 3.63) is 85.4 Å². The summed E-state index contributed by atoms with van der Waals surface area (Å²) >= 11 is 5.79. The highest BCUT2D eigenvalue weighted by atomic mass is 35.5. The Labute approximate surface area is 170 Å². The van der Waals surface area contributed by atoms with Gasteiger partial charge in [0.25, 0.3) is 11.2 Å². The van der Waals surface area contributed by atoms with E-state index in [1.807, 2.05) is 0 Å². The standard InChI is InChI=1S/C20H17ClN4O4/c1-2-24(12-18-22-16-6-4-3-5-14(16)20(27)23-18)19(26)10-8-13-7-9-15(21)17(11-13)25(28)29/h3-11H,2,12H2,1H3,(H,22,23,27). The number of amides is 1. The van der Waals surface area contributed by atoms with Crippen LogP contribution in [0.25, 0.3) is 17.0 Å². The van der Waals surface area contributed by atoms with Gasteiger partial charge in [-0.15, -0.1) is 0 Å². The van der Waals surface area contributed by atoms with Crippen molar-refractivity contribution in [2.24, 2.45) is 0 Å². The normalized spacial score (nSPS) is 11.1. The highest BCUT2D eigenvalue weighted by Crippen LogP contribution is 2.25. The zero-order valence-electron chi connectivity index (χ0n) is 15.5. The minimum atomic E-state index is -0.582. The van der Waals surface area contributed by atoms with Crippen LogP contribution in [0.2, 0.25) is 5.02 Å². The molecule has 0 bridgehead atoms. The first-order valence-corrected chi connectivity index (χ1v) is 9.15. The number of H-pyrrole nitrogens is 1. The first-order chi connectivity index (χ1) is 13.9. The Hall–Kier alpha value is -3.52. The van der Waals surface area contributed by atoms with Gasteiger partial charge in [-0.2, -0.15) is 0 Å². The maximum atomic E-state index is 12.5. The van der Waals surface area contributed by atoms with Crippen LogP contribution in [0.3, 0.4) is 0 Å². The fourth-order valence-corrected chi connectivity index (χ4v) is 2.97. The Morgan fingerprint density at radius 2 is 2.07 bits per heavy atom. The summed E-state index contributed by atoms with van der Waals surface area (Å²) in [5, 5.41) is 11.5. The summed E-state index contributed by atoms with van der Waals surface area (Å²) < 4.78 is 0. The third-order valence-corrected chi connectivity index (χ3v) is 4.60. The molecule has 0 atom stereocenters. The Balaban J connectivity index is 1.79. The van der Waals surface area contributed by atoms with E-state index in [0.717, 1.165) is 0 Å². The number of likely N-dealkylation sites (N-methyl/N-ethyl adjacent to an activating group) is 1. The second-order valence-electron chi connectivity index (χ2n) is 6.18. The number of hydrogen-bond donors (Lipinski definition) is 1. The quantitative estimate of drug-likeness (QED) is 0.378. The first kappa shape index (κ1) is 20.2. The zero-order valence-corrected chi connectivity index (χ0v) is 16.2. The Kier molecular flexibility index (Phi) is 6.04. The molecule has 8 nitrogen and oxygen atoms in total. The minimum Gasteiger partial charge on any atom is -0.332 e. The SMILES string of the molecule is CCN(Cc1nc2ccccc2c(=O)[nH]1)C(=O)C=Cc1ccc(Cl)c([N+](=O)[O-])c1. The molecule has 9 heteroatoms. The van der Waals surface area contributed by atoms with Gasteiger partial charge in [0, 0.05) is 18.7 Å². The van der Waals surface area contributed by atoms with Crippen molar-refractivity contribution in [3.8, 4) is 0 Å². The molecule has 0 saturated heterocycles. The predicted octanol–water partition coefficient (Wildman–Crippen LogP) is 3.55. The molecule has 3 rings (SSSR count). The lowest BCUT2D eigenvalue weighted by atomic mass is 10.2. The highest BCUT2D eigenvalue weighted by molar-refractivity contribution is 6.32. The summed E-state index contributed by atoms with van der Waals surface area (Å²) in [6, 6.07) is 11.2. The van der Waals surface area contributed by atoms with Gasteiger partial charge in [-0.05, 0) is 36.8 Å². The van der Waals surface area contributed by atoms with E-state index in [1.54, 1.807) is 37.3 Å². The van der Waals surface area contributed by atoms with Gasteiger partial charge in [0.2, 0.25) is 5.91 Å². The third-order valence-electron chi connectivity index (χ3n) is 4.28. The molecule has 1 N–H and O–H groups in total. The fraction of sp³-hybridized carbons (Fsp3) is 0.150. The van der Waals surface area contributed by atoms with Gasteiger partial charge in [-0.3, -0.25) is 19.7 Å². The fourth-order valence-electron chi connectivity index (χ4n) is 2.78. The number of para-hydroxylation sites is 1. The van der Waals surface area contributed by atoms with Gasteiger partial charge >= 0.3 is 0 Å². The van der Waals surface area contributed by atoms with Crippen LogP contribution >= 0.6 is 11.6 Å². The van der Waals surface area contributed by atoms with Crippen LogP contribution in [0.4, 0.5) is 5.69 Å². The summed E-state index contributed by atoms with van der Waals surface area (Å²) in [6.45, 7) is 2.32. The van der Waals surface area contributed by atoms with Gasteiger partial charge in [0.1, 0.15) is 10.8 Å². The van der Waals surface area contributed by atoms with E-state index in [4.69, 9.17) is 11.6 Å². The summed E-state index contributed by atoms with van der Waals surface area (Å²) in [6.07, 6.45) is 2.79. The molecule has 0 fully saturated rings. The van der Waals surface area contributed by atoms with E-state index in [2.05, 4.69) is 9.97 Å². The topological polar surface area (TPSA) is 109 Å². The minimum absolute atomic E-state index is 0.0278. The molecule has 2 aromatic carbocycles. The second kappa shape index (κ2) is 8.66. The average Bonchev–Trinajstić information content (AvgIpc) is 2.71. The highest BCUT2D eigenvalue weighted by Gasteiger charge is 2.14. The molecule has 1 amide bonds. The van der Waals surface area contributed by atoms with Gasteiger partial charge in [0.05, 0.1) is 22.4 Å². The van der Waals surface area contributed by atoms with Gasteiger partial charge in [-0.25, -0.2) is 4.98 Å². The van der Waals surface area contributed by atoms with Crippen LogP contribution in [0, 0.1) is 10.1 Å². The largest absolute Gasteiger partial charge is 0.332 e. The monoisotopic (exact) mass is 412 g/mol. The number of aromatic amines is 1. The number of fused-ring (bicyclic) bond motifs is 1. The number of aromatic nitrogens is 2. The lowest BCUT2D eigenvalue weighted by Crippen LogP contribution is -2.30. The number of nitrogens with zero attached hydrogens (tertiary/aromatic N) is 3. The third kappa shape index (κ3) is 4.67. The Morgan fingerprint density at radius 3 is 2.79 bits per heavy atom. The molecule has 0 saturated carbocycles. The summed E-state index contributed by atoms with van der Waals surface area (Å²) in [5.74, 6) is 0.0559. The van der Waals surface area contributed by atoms with Crippen molar-refractivity contribution in [3.63, 3.8) is 0 Å². The van der Waals surface area contributed by atoms with Crippen LogP contribution in [-0.2, 0) is 11.3 Å². The van der Waals surface area contributed by atoms with Crippen LogP contribution in [0.15, 0.2) is 53.3 Å². The number of halogens is 1. The molecule has 1 aromatic heterocycles. The van der Waals surface area contributed by atoms with E-state index < -0.39 is 4.92 Å². The van der Waals surface area contributed by atoms with Crippen LogP contribution in [-0.4, -0.2) is 32.2 Å². The molecule has 148 valence electrons. The van der Waals surface area contributed by atoms with E-state index in [9.17, 15) is 19.7 Å². The summed E-state index contributed by atoms with van der Waals surface area (Å²) in [4.78, 5) is 43.7. The number of carbonyl (C=O) groups excluding carboxylic acids is 1. The van der Waals surface area contributed by atoms with E-state index >= 15 is 0 Å². The molecule has 0 spiro atoms. The maximum absolute atomic E-state index is 12.5. The van der Waals surface area contributed by atoms with E-state index in [-0.39, 0.29) is 28.7 Å². The van der Waals surface area contributed by atoms with E-state index in [1.165, 1.54) is 29.2 Å². The van der Waals surface area contributed by atoms with Crippen LogP contribution in [0.5, 0.6) is 0 Å². The van der Waals surface area contributed by atoms with Crippen molar-refractivity contribution in [1.82, 2.24) is 14.9 Å². The molecule has 0 aliphatic rings. The Bertz CT molecular complexity index is 1170. The molecule has 1 heterocycles. The smallest absolute Gasteiger partial charge is 0.288 e. The van der Waals surface area contributed by atoms with Crippen molar-refractivity contribution >= 4 is 40.2 Å². The number of nitro benzene ring substituents is 1. The van der Waals surface area contributed by atoms with Crippen molar-refractivity contribution in [2.75, 3.05) is 6.54 Å². The summed E-state index contributed by atoms with van der Waals surface area (Å²) in [5.41, 5.74) is 0.533. The maximum Gasteiger partial charge on any atom is 0.288 e. The molecule has 3 aromatic rings. The van der Waals surface area contributed by atoms with Crippen molar-refractivity contribution in [2.45, 2.75) is 13.5 Å². The Morgan fingerprint density at radius 1 is 1.31 bits per heavy atom. The van der Waals surface area contributed by atoms with Gasteiger partial charge < -0.3 is 9.88 Å². The van der Waals surface area contributed by atoms with Crippen LogP contribution in [0.1, 0.15) is 18.3 Å². The lowest BCUT2D eigenvalue weighted by Gasteiger charge is -2.18. The van der Waals surface area contributed by atoms with Crippen molar-refractivity contribution < 1.29 is 9.72 Å². The molecular formula is C20H17ClN4O4. The van der Waals surface area contributed by atoms with E-state index in [0.29, 0.717) is 28.8 Å². The predicted molar refractivity (Wildman–Crippen MR) is 111 cm³/mol.